The second-order valence-electron chi connectivity index (χ2n) is 5.78. The molecule has 0 N–H and O–H groups in total. The number of amides is 2. The number of nitrogens with zero attached hydrogens (tertiary/aromatic N) is 1. The number of benzene rings is 2. The van der Waals surface area contributed by atoms with Crippen LogP contribution in [0, 0.1) is 5.92 Å². The van der Waals surface area contributed by atoms with Crippen LogP contribution in [-0.2, 0) is 9.59 Å². The number of imide groups is 1. The van der Waals surface area contributed by atoms with E-state index < -0.39 is 0 Å². The minimum absolute atomic E-state index is 0.0101. The summed E-state index contributed by atoms with van der Waals surface area (Å²) in [6.07, 6.45) is 0.251. The highest BCUT2D eigenvalue weighted by atomic mass is 16.5. The van der Waals surface area contributed by atoms with Crippen LogP contribution in [0.4, 0.5) is 5.69 Å². The molecule has 0 bridgehead atoms. The Morgan fingerprint density at radius 1 is 1.04 bits per heavy atom. The quantitative estimate of drug-likeness (QED) is 0.813. The molecule has 1 aliphatic heterocycles. The maximum absolute atomic E-state index is 12.8. The van der Waals surface area contributed by atoms with Crippen molar-refractivity contribution in [1.29, 1.82) is 0 Å². The predicted octanol–water partition coefficient (Wildman–Crippen LogP) is 3.38. The number of ether oxygens (including phenoxy) is 1. The molecule has 0 saturated carbocycles. The molecule has 4 heteroatoms. The number of methoxy groups -OCH3 is 1. The van der Waals surface area contributed by atoms with Crippen molar-refractivity contribution in [1.82, 2.24) is 0 Å². The van der Waals surface area contributed by atoms with Gasteiger partial charge in [-0.25, -0.2) is 0 Å². The molecule has 4 nitrogen and oxygen atoms in total. The van der Waals surface area contributed by atoms with Crippen molar-refractivity contribution in [2.24, 2.45) is 5.92 Å². The molecule has 118 valence electrons. The molecule has 1 fully saturated rings. The van der Waals surface area contributed by atoms with E-state index in [0.29, 0.717) is 11.4 Å². The van der Waals surface area contributed by atoms with Gasteiger partial charge in [0.1, 0.15) is 5.75 Å². The van der Waals surface area contributed by atoms with Gasteiger partial charge in [-0.05, 0) is 35.7 Å². The number of hydrogen-bond donors (Lipinski definition) is 0. The summed E-state index contributed by atoms with van der Waals surface area (Å²) in [6, 6.07) is 16.8. The maximum atomic E-state index is 12.8. The van der Waals surface area contributed by atoms with Crippen LogP contribution in [0.2, 0.25) is 0 Å². The van der Waals surface area contributed by atoms with E-state index in [4.69, 9.17) is 4.74 Å². The van der Waals surface area contributed by atoms with Crippen LogP contribution >= 0.6 is 0 Å². The van der Waals surface area contributed by atoms with Crippen molar-refractivity contribution in [3.63, 3.8) is 0 Å². The Morgan fingerprint density at radius 2 is 1.70 bits per heavy atom. The molecule has 2 amide bonds. The molecule has 23 heavy (non-hydrogen) atoms. The normalized spacial score (nSPS) is 19.0. The van der Waals surface area contributed by atoms with Gasteiger partial charge in [0.15, 0.2) is 0 Å². The molecular weight excluding hydrogens is 290 g/mol. The van der Waals surface area contributed by atoms with Crippen LogP contribution in [0.15, 0.2) is 54.6 Å². The fourth-order valence-electron chi connectivity index (χ4n) is 3.04. The fourth-order valence-corrected chi connectivity index (χ4v) is 3.04. The second kappa shape index (κ2) is 6.24. The van der Waals surface area contributed by atoms with E-state index in [1.54, 1.807) is 31.4 Å². The summed E-state index contributed by atoms with van der Waals surface area (Å²) in [5, 5.41) is 0. The van der Waals surface area contributed by atoms with Gasteiger partial charge < -0.3 is 4.74 Å². The van der Waals surface area contributed by atoms with Gasteiger partial charge in [-0.1, -0.05) is 37.3 Å². The highest BCUT2D eigenvalue weighted by Gasteiger charge is 2.42. The predicted molar refractivity (Wildman–Crippen MR) is 88.5 cm³/mol. The lowest BCUT2D eigenvalue weighted by Crippen LogP contribution is -2.31. The largest absolute Gasteiger partial charge is 0.497 e. The van der Waals surface area contributed by atoms with Gasteiger partial charge in [0.25, 0.3) is 0 Å². The number of rotatable bonds is 4. The first-order valence-corrected chi connectivity index (χ1v) is 7.67. The second-order valence-corrected chi connectivity index (χ2v) is 5.78. The molecule has 1 saturated heterocycles. The molecule has 2 aromatic rings. The fraction of sp³-hybridized carbons (Fsp3) is 0.263. The molecule has 0 unspecified atom stereocenters. The first-order valence-electron chi connectivity index (χ1n) is 7.67. The Morgan fingerprint density at radius 3 is 2.30 bits per heavy atom. The Kier molecular flexibility index (Phi) is 4.15. The van der Waals surface area contributed by atoms with Gasteiger partial charge in [-0.2, -0.15) is 0 Å². The smallest absolute Gasteiger partial charge is 0.237 e. The van der Waals surface area contributed by atoms with E-state index >= 15 is 0 Å². The minimum Gasteiger partial charge on any atom is -0.497 e. The lowest BCUT2D eigenvalue weighted by atomic mass is 9.86. The summed E-state index contributed by atoms with van der Waals surface area (Å²) >= 11 is 0. The van der Waals surface area contributed by atoms with E-state index in [1.807, 2.05) is 37.3 Å². The van der Waals surface area contributed by atoms with E-state index in [1.165, 1.54) is 4.90 Å². The SMILES string of the molecule is COc1ccc(N2C(=O)C[C@H]([C@@H](C)c3ccccc3)C2=O)cc1. The summed E-state index contributed by atoms with van der Waals surface area (Å²) in [4.78, 5) is 26.4. The highest BCUT2D eigenvalue weighted by molar-refractivity contribution is 6.21. The zero-order valence-electron chi connectivity index (χ0n) is 13.2. The summed E-state index contributed by atoms with van der Waals surface area (Å²) in [7, 11) is 1.58. The number of hydrogen-bond acceptors (Lipinski definition) is 3. The molecule has 2 aromatic carbocycles. The first kappa shape index (κ1) is 15.3. The molecule has 1 heterocycles. The van der Waals surface area contributed by atoms with Crippen molar-refractivity contribution in [3.8, 4) is 5.75 Å². The third kappa shape index (κ3) is 2.84. The molecule has 0 spiro atoms. The summed E-state index contributed by atoms with van der Waals surface area (Å²) in [5.74, 6) is 0.120. The molecule has 0 aliphatic carbocycles. The van der Waals surface area contributed by atoms with Crippen LogP contribution in [0.3, 0.4) is 0 Å². The first-order chi connectivity index (χ1) is 11.1. The van der Waals surface area contributed by atoms with Gasteiger partial charge >= 0.3 is 0 Å². The van der Waals surface area contributed by atoms with Gasteiger partial charge in [0, 0.05) is 6.42 Å². The molecule has 0 aromatic heterocycles. The van der Waals surface area contributed by atoms with Gasteiger partial charge in [0.05, 0.1) is 18.7 Å². The minimum atomic E-state index is -0.313. The van der Waals surface area contributed by atoms with Crippen LogP contribution in [0.5, 0.6) is 5.75 Å². The topological polar surface area (TPSA) is 46.6 Å². The van der Waals surface area contributed by atoms with E-state index in [2.05, 4.69) is 0 Å². The summed E-state index contributed by atoms with van der Waals surface area (Å²) in [6.45, 7) is 2.00. The van der Waals surface area contributed by atoms with Gasteiger partial charge in [0.2, 0.25) is 11.8 Å². The van der Waals surface area contributed by atoms with Crippen LogP contribution in [0.1, 0.15) is 24.8 Å². The Hall–Kier alpha value is -2.62. The van der Waals surface area contributed by atoms with E-state index in [-0.39, 0.29) is 30.1 Å². The molecular formula is C19H19NO3. The van der Waals surface area contributed by atoms with Crippen molar-refractivity contribution in [3.05, 3.63) is 60.2 Å². The lowest BCUT2D eigenvalue weighted by molar-refractivity contribution is -0.122. The summed E-state index contributed by atoms with van der Waals surface area (Å²) in [5.41, 5.74) is 1.68. The zero-order valence-corrected chi connectivity index (χ0v) is 13.2. The van der Waals surface area contributed by atoms with E-state index in [9.17, 15) is 9.59 Å². The Labute approximate surface area is 135 Å². The van der Waals surface area contributed by atoms with Crippen molar-refractivity contribution < 1.29 is 14.3 Å². The molecule has 1 aliphatic rings. The number of carbonyl (C=O) groups is 2. The van der Waals surface area contributed by atoms with Gasteiger partial charge in [-0.3, -0.25) is 14.5 Å². The molecule has 3 rings (SSSR count). The molecule has 0 radical (unpaired) electrons. The van der Waals surface area contributed by atoms with Crippen molar-refractivity contribution in [2.75, 3.05) is 12.0 Å². The van der Waals surface area contributed by atoms with Crippen LogP contribution in [-0.4, -0.2) is 18.9 Å². The Bertz CT molecular complexity index is 709. The van der Waals surface area contributed by atoms with Crippen molar-refractivity contribution in [2.45, 2.75) is 19.3 Å². The Balaban J connectivity index is 1.84. The highest BCUT2D eigenvalue weighted by Crippen LogP contribution is 2.36. The van der Waals surface area contributed by atoms with Crippen LogP contribution in [0.25, 0.3) is 0 Å². The van der Waals surface area contributed by atoms with E-state index in [0.717, 1.165) is 5.56 Å². The monoisotopic (exact) mass is 309 g/mol. The lowest BCUT2D eigenvalue weighted by Gasteiger charge is -2.19. The van der Waals surface area contributed by atoms with Crippen LogP contribution < -0.4 is 9.64 Å². The maximum Gasteiger partial charge on any atom is 0.237 e. The zero-order chi connectivity index (χ0) is 16.4. The number of carbonyl (C=O) groups excluding carboxylic acids is 2. The number of anilines is 1. The van der Waals surface area contributed by atoms with Gasteiger partial charge in [-0.15, -0.1) is 0 Å². The standard InChI is InChI=1S/C19H19NO3/c1-13(14-6-4-3-5-7-14)17-12-18(21)20(19(17)22)15-8-10-16(23-2)11-9-15/h3-11,13,17H,12H2,1-2H3/t13-,17+/m0/s1. The average Bonchev–Trinajstić information content (AvgIpc) is 2.89. The third-order valence-electron chi connectivity index (χ3n) is 4.44. The average molecular weight is 309 g/mol. The van der Waals surface area contributed by atoms with Crippen molar-refractivity contribution >= 4 is 17.5 Å². The summed E-state index contributed by atoms with van der Waals surface area (Å²) < 4.78 is 5.11. The third-order valence-corrected chi connectivity index (χ3v) is 4.44. The molecule has 2 atom stereocenters.